The Kier molecular flexibility index (Phi) is 7.66. The highest BCUT2D eigenvalue weighted by molar-refractivity contribution is 5.41. The molecule has 3 fully saturated rings. The van der Waals surface area contributed by atoms with Crippen molar-refractivity contribution >= 4 is 0 Å². The van der Waals surface area contributed by atoms with E-state index in [1.165, 1.54) is 64.2 Å². The fraction of sp³-hybridized carbons (Fsp3) is 0.857. The van der Waals surface area contributed by atoms with Crippen molar-refractivity contribution in [2.75, 3.05) is 7.05 Å². The first kappa shape index (κ1) is 32.9. The molecule has 248 valence electrons. The highest BCUT2D eigenvalue weighted by Gasteiger charge is 2.68. The maximum atomic E-state index is 6.66. The summed E-state index contributed by atoms with van der Waals surface area (Å²) in [6.45, 7) is 30.5. The standard InChI is InChI=1S/C42H69NO/c1-27(2)29(4)42-23-22-38(10)33-14-15-35-37(9)19-16-31(32(37)17-20-39(11,43-13)36(6,7)8)28(3)30(5)40(35,12)34(33)18-21-41(38,26-42)24-25-44-42/h18,24-25,27,29-30,32-33,35,43H,14-17,19-23,26H2,1-13H3/t29-,30?,32?,33?,35?,37-,38?,39+,40?,41-,42-/m1/s1. The van der Waals surface area contributed by atoms with Crippen molar-refractivity contribution in [3.05, 3.63) is 35.1 Å². The van der Waals surface area contributed by atoms with Gasteiger partial charge in [-0.3, -0.25) is 0 Å². The van der Waals surface area contributed by atoms with Crippen molar-refractivity contribution in [3.63, 3.8) is 0 Å². The van der Waals surface area contributed by atoms with Crippen LogP contribution in [0.2, 0.25) is 0 Å². The van der Waals surface area contributed by atoms with Crippen LogP contribution in [0, 0.1) is 62.6 Å². The molecule has 0 amide bonds. The van der Waals surface area contributed by atoms with Gasteiger partial charge in [-0.25, -0.2) is 0 Å². The van der Waals surface area contributed by atoms with Crippen LogP contribution in [0.15, 0.2) is 35.1 Å². The van der Waals surface area contributed by atoms with Gasteiger partial charge in [-0.2, -0.15) is 0 Å². The Morgan fingerprint density at radius 3 is 2.36 bits per heavy atom. The van der Waals surface area contributed by atoms with E-state index >= 15 is 0 Å². The Labute approximate surface area is 272 Å². The van der Waals surface area contributed by atoms with Gasteiger partial charge in [0.1, 0.15) is 5.60 Å². The lowest BCUT2D eigenvalue weighted by atomic mass is 9.37. The zero-order chi connectivity index (χ0) is 32.3. The fourth-order valence-corrected chi connectivity index (χ4v) is 13.0. The molecule has 2 heteroatoms. The number of ether oxygens (including phenoxy) is 1. The minimum absolute atomic E-state index is 0.0141. The van der Waals surface area contributed by atoms with E-state index in [0.29, 0.717) is 34.5 Å². The lowest BCUT2D eigenvalue weighted by molar-refractivity contribution is -0.177. The van der Waals surface area contributed by atoms with E-state index < -0.39 is 0 Å². The molecule has 0 aromatic carbocycles. The van der Waals surface area contributed by atoms with Crippen molar-refractivity contribution in [2.45, 2.75) is 158 Å². The van der Waals surface area contributed by atoms with E-state index in [0.717, 1.165) is 11.8 Å². The zero-order valence-electron chi connectivity index (χ0n) is 31.2. The Morgan fingerprint density at radius 2 is 1.73 bits per heavy atom. The monoisotopic (exact) mass is 604 g/mol. The molecular formula is C42H69NO. The van der Waals surface area contributed by atoms with Crippen LogP contribution in [0.3, 0.4) is 0 Å². The summed E-state index contributed by atoms with van der Waals surface area (Å²) in [7, 11) is 2.19. The molecule has 0 saturated heterocycles. The third kappa shape index (κ3) is 4.13. The molecule has 1 N–H and O–H groups in total. The van der Waals surface area contributed by atoms with Gasteiger partial charge < -0.3 is 10.1 Å². The lowest BCUT2D eigenvalue weighted by Gasteiger charge is -2.68. The van der Waals surface area contributed by atoms with Gasteiger partial charge in [-0.15, -0.1) is 0 Å². The molecule has 4 bridgehead atoms. The fourth-order valence-electron chi connectivity index (χ4n) is 13.0. The number of allylic oxidation sites excluding steroid dienone is 5. The molecule has 0 radical (unpaired) electrons. The van der Waals surface area contributed by atoms with Gasteiger partial charge in [0.05, 0.1) is 6.26 Å². The average molecular weight is 604 g/mol. The Hall–Kier alpha value is -1.02. The number of rotatable bonds is 6. The molecule has 1 heterocycles. The molecule has 44 heavy (non-hydrogen) atoms. The summed E-state index contributed by atoms with van der Waals surface area (Å²) in [5, 5.41) is 3.78. The molecular weight excluding hydrogens is 534 g/mol. The molecule has 3 saturated carbocycles. The van der Waals surface area contributed by atoms with Gasteiger partial charge in [-0.05, 0) is 148 Å². The predicted octanol–water partition coefficient (Wildman–Crippen LogP) is 11.3. The number of hydrogen-bond acceptors (Lipinski definition) is 2. The van der Waals surface area contributed by atoms with E-state index in [-0.39, 0.29) is 27.4 Å². The molecule has 1 aliphatic heterocycles. The van der Waals surface area contributed by atoms with Crippen LogP contribution < -0.4 is 5.32 Å². The quantitative estimate of drug-likeness (QED) is 0.305. The second kappa shape index (κ2) is 10.2. The lowest BCUT2D eigenvalue weighted by Crippen LogP contribution is -2.62. The van der Waals surface area contributed by atoms with E-state index in [2.05, 4.69) is 114 Å². The number of hydrogen-bond donors (Lipinski definition) is 1. The Balaban J connectivity index is 1.39. The van der Waals surface area contributed by atoms with Crippen LogP contribution in [-0.2, 0) is 4.74 Å². The Morgan fingerprint density at radius 1 is 1.02 bits per heavy atom. The summed E-state index contributed by atoms with van der Waals surface area (Å²) in [6.07, 6.45) is 20.6. The first-order chi connectivity index (χ1) is 20.4. The van der Waals surface area contributed by atoms with Crippen molar-refractivity contribution in [1.82, 2.24) is 5.32 Å². The summed E-state index contributed by atoms with van der Waals surface area (Å²) in [6, 6.07) is 0. The molecule has 2 nitrogen and oxygen atoms in total. The molecule has 5 aliphatic carbocycles. The van der Waals surface area contributed by atoms with Gasteiger partial charge in [0, 0.05) is 11.0 Å². The van der Waals surface area contributed by atoms with Crippen LogP contribution in [0.5, 0.6) is 0 Å². The first-order valence-electron chi connectivity index (χ1n) is 18.8. The van der Waals surface area contributed by atoms with Crippen LogP contribution in [0.4, 0.5) is 0 Å². The maximum absolute atomic E-state index is 6.66. The second-order valence-corrected chi connectivity index (χ2v) is 19.5. The molecule has 6 aliphatic rings. The molecule has 6 unspecified atom stereocenters. The van der Waals surface area contributed by atoms with Crippen molar-refractivity contribution in [1.29, 1.82) is 0 Å². The second-order valence-electron chi connectivity index (χ2n) is 19.5. The van der Waals surface area contributed by atoms with Crippen molar-refractivity contribution in [2.24, 2.45) is 62.6 Å². The maximum Gasteiger partial charge on any atom is 0.112 e. The van der Waals surface area contributed by atoms with Crippen LogP contribution in [0.25, 0.3) is 0 Å². The molecule has 1 spiro atoms. The predicted molar refractivity (Wildman–Crippen MR) is 187 cm³/mol. The van der Waals surface area contributed by atoms with Gasteiger partial charge in [0.15, 0.2) is 0 Å². The molecule has 0 aromatic rings. The van der Waals surface area contributed by atoms with Gasteiger partial charge >= 0.3 is 0 Å². The van der Waals surface area contributed by atoms with Crippen LogP contribution in [-0.4, -0.2) is 18.2 Å². The summed E-state index contributed by atoms with van der Waals surface area (Å²) in [5.41, 5.74) is 7.08. The number of nitrogens with one attached hydrogen (secondary N) is 1. The van der Waals surface area contributed by atoms with Gasteiger partial charge in [0.2, 0.25) is 0 Å². The highest BCUT2D eigenvalue weighted by Crippen LogP contribution is 2.75. The van der Waals surface area contributed by atoms with Gasteiger partial charge in [0.25, 0.3) is 0 Å². The topological polar surface area (TPSA) is 21.3 Å². The summed E-state index contributed by atoms with van der Waals surface area (Å²) < 4.78 is 6.66. The van der Waals surface area contributed by atoms with E-state index in [1.807, 2.05) is 11.1 Å². The highest BCUT2D eigenvalue weighted by atomic mass is 16.5. The summed E-state index contributed by atoms with van der Waals surface area (Å²) in [5.74, 6) is 4.02. The van der Waals surface area contributed by atoms with Crippen molar-refractivity contribution in [3.8, 4) is 0 Å². The first-order valence-corrected chi connectivity index (χ1v) is 18.8. The number of fused-ring (bicyclic) bond motifs is 8. The van der Waals surface area contributed by atoms with Crippen molar-refractivity contribution < 1.29 is 4.74 Å². The largest absolute Gasteiger partial charge is 0.495 e. The van der Waals surface area contributed by atoms with Crippen LogP contribution >= 0.6 is 0 Å². The van der Waals surface area contributed by atoms with E-state index in [1.54, 1.807) is 5.57 Å². The molecule has 11 atom stereocenters. The van der Waals surface area contributed by atoms with Crippen LogP contribution in [0.1, 0.15) is 147 Å². The normalized spacial score (nSPS) is 46.7. The Bertz CT molecular complexity index is 1250. The minimum Gasteiger partial charge on any atom is -0.495 e. The zero-order valence-corrected chi connectivity index (χ0v) is 31.2. The van der Waals surface area contributed by atoms with E-state index in [4.69, 9.17) is 4.74 Å². The molecule has 0 aromatic heterocycles. The summed E-state index contributed by atoms with van der Waals surface area (Å²) >= 11 is 0. The average Bonchev–Trinajstić information content (AvgIpc) is 3.29. The van der Waals surface area contributed by atoms with Gasteiger partial charge in [-0.1, -0.05) is 92.0 Å². The summed E-state index contributed by atoms with van der Waals surface area (Å²) in [4.78, 5) is 0. The SMILES string of the molecule is CN[C@@](C)(CCC1C2=C(C)C(C)C3(C)C4=CC[C@]56C=CO[C@]([C@H](C)C(C)C)(CCC5(C)C4CCC3[C@]1(C)CC2)C6)C(C)(C)C. The third-order valence-electron chi connectivity index (χ3n) is 17.4. The third-order valence-corrected chi connectivity index (χ3v) is 17.4. The van der Waals surface area contributed by atoms with E-state index in [9.17, 15) is 0 Å². The molecule has 6 rings (SSSR count). The smallest absolute Gasteiger partial charge is 0.112 e. The minimum atomic E-state index is 0.0141.